The Morgan fingerprint density at radius 3 is 2.21 bits per heavy atom. The summed E-state index contributed by atoms with van der Waals surface area (Å²) in [5.41, 5.74) is 2.22. The molecule has 1 aromatic heterocycles. The van der Waals surface area contributed by atoms with Crippen LogP contribution >= 0.6 is 0 Å². The third-order valence-corrected chi connectivity index (χ3v) is 6.66. The van der Waals surface area contributed by atoms with Crippen LogP contribution in [0.15, 0.2) is 95.9 Å². The molecule has 3 aromatic carbocycles. The van der Waals surface area contributed by atoms with E-state index >= 15 is 0 Å². The van der Waals surface area contributed by atoms with Gasteiger partial charge in [-0.15, -0.1) is 0 Å². The number of ether oxygens (including phenoxy) is 1. The van der Waals surface area contributed by atoms with E-state index in [9.17, 15) is 9.59 Å². The summed E-state index contributed by atoms with van der Waals surface area (Å²) in [6.45, 7) is 6.71. The van der Waals surface area contributed by atoms with Gasteiger partial charge in [-0.25, -0.2) is 4.68 Å². The highest BCUT2D eigenvalue weighted by Crippen LogP contribution is 2.28. The standard InChI is InChI=1S/C30H31N5O3/c1-2-33-17-19-34(20-18-33)29(36)24-13-15-25(16-14-24)32-28-27(38-26-11-7-4-8-12-26)21-31-35(30(28)37)22-23-9-5-3-6-10-23/h3-16,21,32H,2,17-20,22H2,1H3. The molecule has 1 fully saturated rings. The fourth-order valence-corrected chi connectivity index (χ4v) is 4.44. The lowest BCUT2D eigenvalue weighted by Crippen LogP contribution is -2.48. The van der Waals surface area contributed by atoms with Crippen molar-refractivity contribution in [3.63, 3.8) is 0 Å². The molecule has 0 unspecified atom stereocenters. The first-order valence-electron chi connectivity index (χ1n) is 12.9. The molecule has 1 aliphatic heterocycles. The molecule has 1 amide bonds. The van der Waals surface area contributed by atoms with Crippen LogP contribution in [0.3, 0.4) is 0 Å². The number of anilines is 2. The average molecular weight is 510 g/mol. The minimum Gasteiger partial charge on any atom is -0.453 e. The van der Waals surface area contributed by atoms with Gasteiger partial charge in [0.15, 0.2) is 11.4 Å². The van der Waals surface area contributed by atoms with E-state index in [4.69, 9.17) is 4.74 Å². The Kier molecular flexibility index (Phi) is 7.80. The predicted octanol–water partition coefficient (Wildman–Crippen LogP) is 4.61. The molecule has 0 aliphatic carbocycles. The number of nitrogens with one attached hydrogen (secondary N) is 1. The Hall–Kier alpha value is -4.43. The maximum absolute atomic E-state index is 13.5. The lowest BCUT2D eigenvalue weighted by Gasteiger charge is -2.34. The Balaban J connectivity index is 1.38. The molecule has 1 saturated heterocycles. The zero-order valence-corrected chi connectivity index (χ0v) is 21.4. The van der Waals surface area contributed by atoms with Crippen LogP contribution in [0.4, 0.5) is 11.4 Å². The van der Waals surface area contributed by atoms with Crippen molar-refractivity contribution in [2.45, 2.75) is 13.5 Å². The molecule has 4 aromatic rings. The number of carbonyl (C=O) groups is 1. The first-order chi connectivity index (χ1) is 18.6. The van der Waals surface area contributed by atoms with E-state index < -0.39 is 0 Å². The Morgan fingerprint density at radius 2 is 1.55 bits per heavy atom. The van der Waals surface area contributed by atoms with Crippen LogP contribution in [0.25, 0.3) is 0 Å². The van der Waals surface area contributed by atoms with Crippen molar-refractivity contribution in [1.82, 2.24) is 19.6 Å². The molecule has 0 atom stereocenters. The van der Waals surface area contributed by atoms with E-state index in [2.05, 4.69) is 22.2 Å². The van der Waals surface area contributed by atoms with Crippen molar-refractivity contribution >= 4 is 17.3 Å². The molecular weight excluding hydrogens is 478 g/mol. The smallest absolute Gasteiger partial charge is 0.294 e. The molecule has 0 saturated carbocycles. The van der Waals surface area contributed by atoms with E-state index in [0.717, 1.165) is 38.3 Å². The van der Waals surface area contributed by atoms with Gasteiger partial charge in [0.25, 0.3) is 11.5 Å². The molecule has 0 radical (unpaired) electrons. The normalized spacial score (nSPS) is 13.8. The van der Waals surface area contributed by atoms with Gasteiger partial charge < -0.3 is 19.9 Å². The summed E-state index contributed by atoms with van der Waals surface area (Å²) in [6, 6.07) is 26.2. The van der Waals surface area contributed by atoms with Gasteiger partial charge in [-0.1, -0.05) is 55.5 Å². The summed E-state index contributed by atoms with van der Waals surface area (Å²) in [7, 11) is 0. The highest BCUT2D eigenvalue weighted by Gasteiger charge is 2.21. The first-order valence-corrected chi connectivity index (χ1v) is 12.9. The van der Waals surface area contributed by atoms with Crippen molar-refractivity contribution in [1.29, 1.82) is 0 Å². The monoisotopic (exact) mass is 509 g/mol. The third kappa shape index (κ3) is 5.92. The summed E-state index contributed by atoms with van der Waals surface area (Å²) in [6.07, 6.45) is 1.55. The largest absolute Gasteiger partial charge is 0.453 e. The number of aromatic nitrogens is 2. The van der Waals surface area contributed by atoms with Crippen LogP contribution in [0.2, 0.25) is 0 Å². The van der Waals surface area contributed by atoms with Crippen molar-refractivity contribution in [3.8, 4) is 11.5 Å². The fourth-order valence-electron chi connectivity index (χ4n) is 4.44. The quantitative estimate of drug-likeness (QED) is 0.374. The Morgan fingerprint density at radius 1 is 0.895 bits per heavy atom. The van der Waals surface area contributed by atoms with Crippen LogP contribution in [0.1, 0.15) is 22.8 Å². The molecule has 38 heavy (non-hydrogen) atoms. The van der Waals surface area contributed by atoms with E-state index in [1.54, 1.807) is 18.3 Å². The van der Waals surface area contributed by atoms with Gasteiger partial charge in [-0.3, -0.25) is 9.59 Å². The van der Waals surface area contributed by atoms with Crippen molar-refractivity contribution in [3.05, 3.63) is 113 Å². The Bertz CT molecular complexity index is 1410. The summed E-state index contributed by atoms with van der Waals surface area (Å²) in [5.74, 6) is 0.940. The van der Waals surface area contributed by atoms with Gasteiger partial charge in [0.05, 0.1) is 12.7 Å². The van der Waals surface area contributed by atoms with E-state index in [1.807, 2.05) is 77.7 Å². The molecule has 1 N–H and O–H groups in total. The van der Waals surface area contributed by atoms with Gasteiger partial charge in [0.1, 0.15) is 5.75 Å². The molecule has 0 bridgehead atoms. The summed E-state index contributed by atoms with van der Waals surface area (Å²) < 4.78 is 7.43. The number of rotatable bonds is 8. The highest BCUT2D eigenvalue weighted by atomic mass is 16.5. The van der Waals surface area contributed by atoms with Gasteiger partial charge in [-0.2, -0.15) is 5.10 Å². The number of amides is 1. The minimum atomic E-state index is -0.309. The summed E-state index contributed by atoms with van der Waals surface area (Å²) >= 11 is 0. The third-order valence-electron chi connectivity index (χ3n) is 6.66. The molecule has 194 valence electrons. The maximum Gasteiger partial charge on any atom is 0.294 e. The minimum absolute atomic E-state index is 0.0227. The second kappa shape index (κ2) is 11.7. The summed E-state index contributed by atoms with van der Waals surface area (Å²) in [5, 5.41) is 7.57. The average Bonchev–Trinajstić information content (AvgIpc) is 2.97. The van der Waals surface area contributed by atoms with Crippen LogP contribution in [0, 0.1) is 0 Å². The number of nitrogens with zero attached hydrogens (tertiary/aromatic N) is 4. The van der Waals surface area contributed by atoms with Gasteiger partial charge in [-0.05, 0) is 48.5 Å². The molecule has 2 heterocycles. The Labute approximate surface area is 222 Å². The van der Waals surface area contributed by atoms with Crippen LogP contribution in [-0.2, 0) is 6.54 Å². The molecule has 8 nitrogen and oxygen atoms in total. The van der Waals surface area contributed by atoms with Crippen molar-refractivity contribution < 1.29 is 9.53 Å². The predicted molar refractivity (Wildman–Crippen MR) is 148 cm³/mol. The lowest BCUT2D eigenvalue weighted by molar-refractivity contribution is 0.0643. The zero-order chi connectivity index (χ0) is 26.3. The molecule has 1 aliphatic rings. The highest BCUT2D eigenvalue weighted by molar-refractivity contribution is 5.94. The number of hydrogen-bond donors (Lipinski definition) is 1. The van der Waals surface area contributed by atoms with Crippen LogP contribution < -0.4 is 15.6 Å². The molecule has 0 spiro atoms. The van der Waals surface area contributed by atoms with E-state index in [-0.39, 0.29) is 17.2 Å². The van der Waals surface area contributed by atoms with Gasteiger partial charge in [0.2, 0.25) is 0 Å². The summed E-state index contributed by atoms with van der Waals surface area (Å²) in [4.78, 5) is 30.7. The maximum atomic E-state index is 13.5. The molecular formula is C30H31N5O3. The fraction of sp³-hybridized carbons (Fsp3) is 0.233. The van der Waals surface area contributed by atoms with Crippen LogP contribution in [0.5, 0.6) is 11.5 Å². The second-order valence-corrected chi connectivity index (χ2v) is 9.18. The number of benzene rings is 3. The number of carbonyl (C=O) groups excluding carboxylic acids is 1. The number of piperazine rings is 1. The van der Waals surface area contributed by atoms with Gasteiger partial charge in [0, 0.05) is 37.4 Å². The second-order valence-electron chi connectivity index (χ2n) is 9.18. The number of para-hydroxylation sites is 1. The van der Waals surface area contributed by atoms with E-state index in [1.165, 1.54) is 4.68 Å². The lowest BCUT2D eigenvalue weighted by atomic mass is 10.1. The number of likely N-dealkylation sites (N-methyl/N-ethyl adjacent to an activating group) is 1. The SMILES string of the molecule is CCN1CCN(C(=O)c2ccc(Nc3c(Oc4ccccc4)cnn(Cc4ccccc4)c3=O)cc2)CC1. The number of hydrogen-bond acceptors (Lipinski definition) is 6. The van der Waals surface area contributed by atoms with Crippen molar-refractivity contribution in [2.24, 2.45) is 0 Å². The topological polar surface area (TPSA) is 79.7 Å². The zero-order valence-electron chi connectivity index (χ0n) is 21.4. The van der Waals surface area contributed by atoms with E-state index in [0.29, 0.717) is 29.3 Å². The molecule has 8 heteroatoms. The first kappa shape index (κ1) is 25.2. The van der Waals surface area contributed by atoms with Gasteiger partial charge >= 0.3 is 0 Å². The van der Waals surface area contributed by atoms with Crippen LogP contribution in [-0.4, -0.2) is 58.2 Å². The van der Waals surface area contributed by atoms with Crippen molar-refractivity contribution in [2.75, 3.05) is 38.0 Å². The molecule has 5 rings (SSSR count).